The topological polar surface area (TPSA) is 21.3 Å². The van der Waals surface area contributed by atoms with Crippen LogP contribution in [0.1, 0.15) is 70.9 Å². The summed E-state index contributed by atoms with van der Waals surface area (Å²) in [5.74, 6) is 0.678. The fourth-order valence-corrected chi connectivity index (χ4v) is 3.48. The van der Waals surface area contributed by atoms with E-state index < -0.39 is 0 Å². The second-order valence-corrected chi connectivity index (χ2v) is 6.18. The molecule has 21 heavy (non-hydrogen) atoms. The van der Waals surface area contributed by atoms with Gasteiger partial charge in [-0.05, 0) is 44.0 Å². The van der Waals surface area contributed by atoms with Gasteiger partial charge in [0.15, 0.2) is 0 Å². The van der Waals surface area contributed by atoms with Crippen molar-refractivity contribution in [3.8, 4) is 5.75 Å². The normalized spacial score (nSPS) is 19.9. The van der Waals surface area contributed by atoms with E-state index in [0.29, 0.717) is 0 Å². The van der Waals surface area contributed by atoms with Crippen molar-refractivity contribution in [2.24, 2.45) is 0 Å². The van der Waals surface area contributed by atoms with E-state index in [4.69, 9.17) is 4.74 Å². The summed E-state index contributed by atoms with van der Waals surface area (Å²) < 4.78 is 20.0. The predicted octanol–water partition coefficient (Wildman–Crippen LogP) is 4.99. The minimum absolute atomic E-state index is 0.0975. The Morgan fingerprint density at radius 1 is 1.19 bits per heavy atom. The lowest BCUT2D eigenvalue weighted by Gasteiger charge is -2.43. The molecule has 118 valence electrons. The van der Waals surface area contributed by atoms with Crippen LogP contribution in [-0.4, -0.2) is 12.1 Å². The number of rotatable bonds is 7. The summed E-state index contributed by atoms with van der Waals surface area (Å²) in [6.07, 6.45) is 6.35. The molecule has 1 aromatic rings. The Morgan fingerprint density at radius 3 is 2.52 bits per heavy atom. The van der Waals surface area contributed by atoms with E-state index in [-0.39, 0.29) is 17.5 Å². The Hall–Kier alpha value is -1.09. The van der Waals surface area contributed by atoms with Crippen LogP contribution >= 0.6 is 0 Å². The minimum atomic E-state index is -0.181. The van der Waals surface area contributed by atoms with Crippen molar-refractivity contribution in [1.82, 2.24) is 5.32 Å². The molecule has 1 N–H and O–H groups in total. The van der Waals surface area contributed by atoms with Crippen LogP contribution in [-0.2, 0) is 0 Å². The third-order valence-electron chi connectivity index (χ3n) is 4.30. The number of nitrogens with one attached hydrogen (secondary N) is 1. The Bertz CT molecular complexity index is 455. The number of hydrogen-bond acceptors (Lipinski definition) is 2. The molecule has 0 aliphatic carbocycles. The summed E-state index contributed by atoms with van der Waals surface area (Å²) in [4.78, 5) is 0. The molecular weight excluding hydrogens is 265 g/mol. The van der Waals surface area contributed by atoms with Crippen molar-refractivity contribution in [1.29, 1.82) is 0 Å². The van der Waals surface area contributed by atoms with Crippen molar-refractivity contribution >= 4 is 0 Å². The molecule has 0 bridgehead atoms. The molecule has 0 aromatic heterocycles. The molecule has 3 heteroatoms. The van der Waals surface area contributed by atoms with E-state index in [1.165, 1.54) is 6.07 Å². The standard InChI is InChI=1S/C18H28FNO/c1-4-9-18(10-5-2)13-16(20-11-6-3)15-12-14(19)7-8-17(15)21-18/h7-8,12,16,20H,4-6,9-11,13H2,1-3H3. The van der Waals surface area contributed by atoms with Gasteiger partial charge in [0.1, 0.15) is 17.2 Å². The zero-order valence-electron chi connectivity index (χ0n) is 13.5. The second-order valence-electron chi connectivity index (χ2n) is 6.18. The van der Waals surface area contributed by atoms with Crippen LogP contribution < -0.4 is 10.1 Å². The molecule has 1 aliphatic rings. The lowest BCUT2D eigenvalue weighted by Crippen LogP contribution is -2.44. The van der Waals surface area contributed by atoms with Gasteiger partial charge in [-0.3, -0.25) is 0 Å². The number of fused-ring (bicyclic) bond motifs is 1. The summed E-state index contributed by atoms with van der Waals surface area (Å²) >= 11 is 0. The first-order chi connectivity index (χ1) is 10.1. The van der Waals surface area contributed by atoms with E-state index in [9.17, 15) is 4.39 Å². The zero-order chi connectivity index (χ0) is 15.3. The summed E-state index contributed by atoms with van der Waals surface area (Å²) in [6.45, 7) is 7.52. The van der Waals surface area contributed by atoms with E-state index in [0.717, 1.165) is 56.4 Å². The maximum atomic E-state index is 13.6. The third kappa shape index (κ3) is 3.76. The molecule has 2 nitrogen and oxygen atoms in total. The van der Waals surface area contributed by atoms with Gasteiger partial charge in [0.25, 0.3) is 0 Å². The summed E-state index contributed by atoms with van der Waals surface area (Å²) in [7, 11) is 0. The van der Waals surface area contributed by atoms with Crippen molar-refractivity contribution in [3.63, 3.8) is 0 Å². The molecule has 0 fully saturated rings. The average molecular weight is 293 g/mol. The minimum Gasteiger partial charge on any atom is -0.487 e. The van der Waals surface area contributed by atoms with E-state index in [2.05, 4.69) is 26.1 Å². The van der Waals surface area contributed by atoms with Gasteiger partial charge in [-0.25, -0.2) is 4.39 Å². The quantitative estimate of drug-likeness (QED) is 0.765. The van der Waals surface area contributed by atoms with Crippen molar-refractivity contribution in [3.05, 3.63) is 29.6 Å². The number of ether oxygens (including phenoxy) is 1. The lowest BCUT2D eigenvalue weighted by atomic mass is 9.81. The van der Waals surface area contributed by atoms with Gasteiger partial charge in [-0.1, -0.05) is 33.6 Å². The van der Waals surface area contributed by atoms with Gasteiger partial charge in [0, 0.05) is 18.0 Å². The highest BCUT2D eigenvalue weighted by Crippen LogP contribution is 2.44. The SMILES string of the molecule is CCCNC1CC(CCC)(CCC)Oc2ccc(F)cc21. The summed E-state index contributed by atoms with van der Waals surface area (Å²) in [5, 5.41) is 3.58. The maximum Gasteiger partial charge on any atom is 0.125 e. The van der Waals surface area contributed by atoms with Gasteiger partial charge < -0.3 is 10.1 Å². The van der Waals surface area contributed by atoms with Crippen LogP contribution in [0.3, 0.4) is 0 Å². The third-order valence-corrected chi connectivity index (χ3v) is 4.30. The van der Waals surface area contributed by atoms with Gasteiger partial charge in [0.05, 0.1) is 0 Å². The molecule has 1 heterocycles. The molecule has 0 amide bonds. The van der Waals surface area contributed by atoms with Crippen LogP contribution in [0, 0.1) is 5.82 Å². The fraction of sp³-hybridized carbons (Fsp3) is 0.667. The highest BCUT2D eigenvalue weighted by atomic mass is 19.1. The second kappa shape index (κ2) is 7.26. The Morgan fingerprint density at radius 2 is 1.90 bits per heavy atom. The summed E-state index contributed by atoms with van der Waals surface area (Å²) in [5.41, 5.74) is 0.881. The predicted molar refractivity (Wildman–Crippen MR) is 85.2 cm³/mol. The van der Waals surface area contributed by atoms with Crippen molar-refractivity contribution in [2.75, 3.05) is 6.54 Å². The zero-order valence-corrected chi connectivity index (χ0v) is 13.5. The lowest BCUT2D eigenvalue weighted by molar-refractivity contribution is 0.0127. The number of halogens is 1. The Labute approximate surface area is 128 Å². The van der Waals surface area contributed by atoms with Crippen molar-refractivity contribution in [2.45, 2.75) is 70.9 Å². The molecule has 0 spiro atoms. The molecule has 0 saturated carbocycles. The van der Waals surface area contributed by atoms with Crippen LogP contribution in [0.4, 0.5) is 4.39 Å². The first kappa shape index (κ1) is 16.3. The first-order valence-corrected chi connectivity index (χ1v) is 8.36. The Balaban J connectivity index is 2.32. The molecule has 0 radical (unpaired) electrons. The van der Waals surface area contributed by atoms with Crippen LogP contribution in [0.15, 0.2) is 18.2 Å². The first-order valence-electron chi connectivity index (χ1n) is 8.36. The monoisotopic (exact) mass is 293 g/mol. The van der Waals surface area contributed by atoms with Crippen LogP contribution in [0.25, 0.3) is 0 Å². The Kier molecular flexibility index (Phi) is 5.63. The molecule has 1 atom stereocenters. The van der Waals surface area contributed by atoms with Crippen molar-refractivity contribution < 1.29 is 9.13 Å². The largest absolute Gasteiger partial charge is 0.487 e. The maximum absolute atomic E-state index is 13.6. The van der Waals surface area contributed by atoms with E-state index >= 15 is 0 Å². The van der Waals surface area contributed by atoms with Crippen LogP contribution in [0.5, 0.6) is 5.75 Å². The molecule has 1 aliphatic heterocycles. The molecule has 1 aromatic carbocycles. The highest BCUT2D eigenvalue weighted by molar-refractivity contribution is 5.39. The highest BCUT2D eigenvalue weighted by Gasteiger charge is 2.39. The van der Waals surface area contributed by atoms with Gasteiger partial charge >= 0.3 is 0 Å². The molecule has 1 unspecified atom stereocenters. The summed E-state index contributed by atoms with van der Waals surface area (Å²) in [6, 6.07) is 5.13. The van der Waals surface area contributed by atoms with Crippen LogP contribution in [0.2, 0.25) is 0 Å². The average Bonchev–Trinajstić information content (AvgIpc) is 2.46. The van der Waals surface area contributed by atoms with E-state index in [1.807, 2.05) is 0 Å². The van der Waals surface area contributed by atoms with Gasteiger partial charge in [0.2, 0.25) is 0 Å². The van der Waals surface area contributed by atoms with Gasteiger partial charge in [-0.15, -0.1) is 0 Å². The number of hydrogen-bond donors (Lipinski definition) is 1. The molecular formula is C18H28FNO. The molecule has 0 saturated heterocycles. The smallest absolute Gasteiger partial charge is 0.125 e. The fourth-order valence-electron chi connectivity index (χ4n) is 3.48. The molecule has 2 rings (SSSR count). The van der Waals surface area contributed by atoms with E-state index in [1.54, 1.807) is 12.1 Å². The number of benzene rings is 1. The van der Waals surface area contributed by atoms with Gasteiger partial charge in [-0.2, -0.15) is 0 Å².